The van der Waals surface area contributed by atoms with E-state index in [0.29, 0.717) is 5.69 Å². The predicted octanol–water partition coefficient (Wildman–Crippen LogP) is 2.91. The number of nitrogens with one attached hydrogen (secondary N) is 2. The van der Waals surface area contributed by atoms with Crippen molar-refractivity contribution >= 4 is 5.69 Å². The smallest absolute Gasteiger partial charge is 0.379 e. The predicted molar refractivity (Wildman–Crippen MR) is 62.1 cm³/mol. The number of benzene rings is 1. The number of hydrogen-bond acceptors (Lipinski definition) is 3. The Labute approximate surface area is 106 Å². The fourth-order valence-electron chi connectivity index (χ4n) is 1.58. The van der Waals surface area contributed by atoms with E-state index in [1.165, 1.54) is 12.3 Å². The van der Waals surface area contributed by atoms with Crippen LogP contribution in [0.1, 0.15) is 16.8 Å². The molecule has 98 valence electrons. The van der Waals surface area contributed by atoms with Gasteiger partial charge in [0.2, 0.25) is 0 Å². The highest BCUT2D eigenvalue weighted by atomic mass is 19.4. The number of aromatic amines is 1. The van der Waals surface area contributed by atoms with Crippen LogP contribution in [0.2, 0.25) is 0 Å². The molecule has 0 aliphatic rings. The summed E-state index contributed by atoms with van der Waals surface area (Å²) in [4.78, 5) is 0. The molecule has 0 fully saturated rings. The highest BCUT2D eigenvalue weighted by molar-refractivity contribution is 5.57. The lowest BCUT2D eigenvalue weighted by molar-refractivity contribution is -0.137. The van der Waals surface area contributed by atoms with Gasteiger partial charge in [-0.1, -0.05) is 0 Å². The molecule has 0 amide bonds. The second-order valence-corrected chi connectivity index (χ2v) is 3.81. The first-order valence-electron chi connectivity index (χ1n) is 5.34. The molecule has 0 radical (unpaired) electrons. The number of alkyl halides is 3. The summed E-state index contributed by atoms with van der Waals surface area (Å²) >= 11 is 0. The minimum atomic E-state index is -4.47. The zero-order chi connectivity index (χ0) is 13.9. The lowest BCUT2D eigenvalue weighted by atomic mass is 10.1. The molecular weight excluding hydrogens is 257 g/mol. The number of rotatable bonds is 3. The molecule has 0 atom stereocenters. The zero-order valence-corrected chi connectivity index (χ0v) is 9.62. The normalized spacial score (nSPS) is 11.1. The summed E-state index contributed by atoms with van der Waals surface area (Å²) in [6, 6.07) is 6.68. The molecule has 0 spiro atoms. The van der Waals surface area contributed by atoms with E-state index in [2.05, 4.69) is 15.5 Å². The van der Waals surface area contributed by atoms with Crippen LogP contribution in [0.3, 0.4) is 0 Å². The number of aromatic nitrogens is 2. The van der Waals surface area contributed by atoms with E-state index in [4.69, 9.17) is 5.26 Å². The van der Waals surface area contributed by atoms with Crippen molar-refractivity contribution in [3.05, 3.63) is 47.3 Å². The molecule has 0 aliphatic carbocycles. The van der Waals surface area contributed by atoms with Crippen molar-refractivity contribution in [1.29, 1.82) is 5.26 Å². The Kier molecular flexibility index (Phi) is 3.42. The van der Waals surface area contributed by atoms with Gasteiger partial charge in [0, 0.05) is 11.9 Å². The quantitative estimate of drug-likeness (QED) is 0.897. The van der Waals surface area contributed by atoms with E-state index >= 15 is 0 Å². The van der Waals surface area contributed by atoms with Crippen molar-refractivity contribution < 1.29 is 13.2 Å². The van der Waals surface area contributed by atoms with Crippen LogP contribution in [0.15, 0.2) is 30.5 Å². The molecule has 1 heterocycles. The molecule has 0 aliphatic heterocycles. The third-order valence-electron chi connectivity index (χ3n) is 2.48. The fraction of sp³-hybridized carbons (Fsp3) is 0.167. The van der Waals surface area contributed by atoms with Gasteiger partial charge in [-0.05, 0) is 24.3 Å². The Balaban J connectivity index is 2.28. The molecule has 0 unspecified atom stereocenters. The van der Waals surface area contributed by atoms with Gasteiger partial charge in [0.1, 0.15) is 0 Å². The molecule has 0 saturated heterocycles. The second kappa shape index (κ2) is 5.02. The van der Waals surface area contributed by atoms with Gasteiger partial charge in [-0.3, -0.25) is 5.10 Å². The molecule has 1 aromatic carbocycles. The highest BCUT2D eigenvalue weighted by Gasteiger charge is 2.33. The van der Waals surface area contributed by atoms with Gasteiger partial charge in [-0.15, -0.1) is 0 Å². The Hall–Kier alpha value is -2.49. The van der Waals surface area contributed by atoms with Crippen molar-refractivity contribution in [2.24, 2.45) is 0 Å². The van der Waals surface area contributed by atoms with Gasteiger partial charge >= 0.3 is 6.18 Å². The average Bonchev–Trinajstić information content (AvgIpc) is 2.88. The molecule has 19 heavy (non-hydrogen) atoms. The summed E-state index contributed by atoms with van der Waals surface area (Å²) in [5.74, 6) is 0. The van der Waals surface area contributed by atoms with Gasteiger partial charge in [0.15, 0.2) is 0 Å². The Morgan fingerprint density at radius 1 is 1.32 bits per heavy atom. The lowest BCUT2D eigenvalue weighted by Gasteiger charge is -2.14. The van der Waals surface area contributed by atoms with E-state index in [-0.39, 0.29) is 17.8 Å². The number of halogens is 3. The number of hydrogen-bond donors (Lipinski definition) is 2. The first kappa shape index (κ1) is 13.0. The van der Waals surface area contributed by atoms with Gasteiger partial charge in [0.25, 0.3) is 0 Å². The standard InChI is InChI=1S/C12H9F3N4/c13-12(14,15)10-2-1-8(6-16)5-11(10)17-7-9-3-4-18-19-9/h1-5,17H,7H2,(H,18,19). The molecule has 2 N–H and O–H groups in total. The Morgan fingerprint density at radius 2 is 2.11 bits per heavy atom. The van der Waals surface area contributed by atoms with Crippen molar-refractivity contribution in [1.82, 2.24) is 10.2 Å². The van der Waals surface area contributed by atoms with E-state index in [1.807, 2.05) is 6.07 Å². The van der Waals surface area contributed by atoms with Crippen molar-refractivity contribution in [3.8, 4) is 6.07 Å². The maximum Gasteiger partial charge on any atom is 0.418 e. The van der Waals surface area contributed by atoms with Crippen molar-refractivity contribution in [3.63, 3.8) is 0 Å². The van der Waals surface area contributed by atoms with E-state index < -0.39 is 11.7 Å². The van der Waals surface area contributed by atoms with E-state index in [9.17, 15) is 13.2 Å². The van der Waals surface area contributed by atoms with Gasteiger partial charge in [0.05, 0.1) is 29.4 Å². The van der Waals surface area contributed by atoms with Crippen LogP contribution in [0, 0.1) is 11.3 Å². The van der Waals surface area contributed by atoms with Crippen LogP contribution in [0.4, 0.5) is 18.9 Å². The third kappa shape index (κ3) is 3.04. The largest absolute Gasteiger partial charge is 0.418 e. The molecular formula is C12H9F3N4. The summed E-state index contributed by atoms with van der Waals surface area (Å²) in [6.45, 7) is 0.165. The summed E-state index contributed by atoms with van der Waals surface area (Å²) in [7, 11) is 0. The van der Waals surface area contributed by atoms with Crippen molar-refractivity contribution in [2.45, 2.75) is 12.7 Å². The molecule has 0 bridgehead atoms. The maximum atomic E-state index is 12.8. The summed E-state index contributed by atoms with van der Waals surface area (Å²) in [5, 5.41) is 17.7. The summed E-state index contributed by atoms with van der Waals surface area (Å²) in [6.07, 6.45) is -2.96. The number of nitrogens with zero attached hydrogens (tertiary/aromatic N) is 2. The maximum absolute atomic E-state index is 12.8. The Bertz CT molecular complexity index is 596. The van der Waals surface area contributed by atoms with Crippen molar-refractivity contribution in [2.75, 3.05) is 5.32 Å². The molecule has 0 saturated carbocycles. The summed E-state index contributed by atoms with van der Waals surface area (Å²) < 4.78 is 38.4. The van der Waals surface area contributed by atoms with Crippen LogP contribution in [-0.4, -0.2) is 10.2 Å². The zero-order valence-electron chi connectivity index (χ0n) is 9.62. The minimum absolute atomic E-state index is 0.124. The number of H-pyrrole nitrogens is 1. The summed E-state index contributed by atoms with van der Waals surface area (Å²) in [5.41, 5.74) is -0.109. The van der Waals surface area contributed by atoms with Crippen LogP contribution in [0.25, 0.3) is 0 Å². The second-order valence-electron chi connectivity index (χ2n) is 3.81. The van der Waals surface area contributed by atoms with Crippen LogP contribution in [-0.2, 0) is 12.7 Å². The number of anilines is 1. The monoisotopic (exact) mass is 266 g/mol. The molecule has 1 aromatic heterocycles. The third-order valence-corrected chi connectivity index (χ3v) is 2.48. The average molecular weight is 266 g/mol. The molecule has 7 heteroatoms. The Morgan fingerprint density at radius 3 is 2.68 bits per heavy atom. The van der Waals surface area contributed by atoms with E-state index in [0.717, 1.165) is 12.1 Å². The molecule has 2 aromatic rings. The first-order valence-corrected chi connectivity index (χ1v) is 5.34. The lowest BCUT2D eigenvalue weighted by Crippen LogP contribution is -2.11. The van der Waals surface area contributed by atoms with E-state index in [1.54, 1.807) is 6.07 Å². The number of nitriles is 1. The highest BCUT2D eigenvalue weighted by Crippen LogP contribution is 2.35. The molecule has 4 nitrogen and oxygen atoms in total. The fourth-order valence-corrected chi connectivity index (χ4v) is 1.58. The SMILES string of the molecule is N#Cc1ccc(C(F)(F)F)c(NCc2ccn[nH]2)c1. The van der Waals surface area contributed by atoms with Crippen LogP contribution >= 0.6 is 0 Å². The first-order chi connectivity index (χ1) is 9.00. The topological polar surface area (TPSA) is 64.5 Å². The van der Waals surface area contributed by atoms with Gasteiger partial charge in [-0.2, -0.15) is 23.5 Å². The van der Waals surface area contributed by atoms with Crippen LogP contribution in [0.5, 0.6) is 0 Å². The molecule has 2 rings (SSSR count). The minimum Gasteiger partial charge on any atom is -0.379 e. The van der Waals surface area contributed by atoms with Gasteiger partial charge in [-0.25, -0.2) is 0 Å². The van der Waals surface area contributed by atoms with Gasteiger partial charge < -0.3 is 5.32 Å². The van der Waals surface area contributed by atoms with Crippen LogP contribution < -0.4 is 5.32 Å².